The molecule has 1 amide bonds. The van der Waals surface area contributed by atoms with E-state index >= 15 is 0 Å². The Morgan fingerprint density at radius 3 is 2.44 bits per heavy atom. The van der Waals surface area contributed by atoms with Crippen molar-refractivity contribution in [1.29, 1.82) is 0 Å². The van der Waals surface area contributed by atoms with Gasteiger partial charge in [-0.3, -0.25) is 9.59 Å². The van der Waals surface area contributed by atoms with E-state index in [1.54, 1.807) is 30.2 Å². The summed E-state index contributed by atoms with van der Waals surface area (Å²) in [6.45, 7) is 0.666. The predicted octanol–water partition coefficient (Wildman–Crippen LogP) is 4.66. The second-order valence-electron chi connectivity index (χ2n) is 8.02. The van der Waals surface area contributed by atoms with Crippen LogP contribution in [0, 0.1) is 0 Å². The van der Waals surface area contributed by atoms with Gasteiger partial charge in [-0.2, -0.15) is 0 Å². The number of rotatable bonds is 7. The Kier molecular flexibility index (Phi) is 5.93. The smallest absolute Gasteiger partial charge is 0.290 e. The summed E-state index contributed by atoms with van der Waals surface area (Å²) < 4.78 is 11.4. The Labute approximate surface area is 195 Å². The van der Waals surface area contributed by atoms with Gasteiger partial charge in [0.05, 0.1) is 24.1 Å². The van der Waals surface area contributed by atoms with E-state index in [2.05, 4.69) is 9.97 Å². The third-order valence-corrected chi connectivity index (χ3v) is 5.69. The summed E-state index contributed by atoms with van der Waals surface area (Å²) in [5.74, 6) is 0.322. The second-order valence-corrected chi connectivity index (χ2v) is 8.02. The standard InChI is InChI=1S/C27H23N3O4/c1-33-17-21-19-11-6-8-14-23(19)34-25(21)27(32)30(15-18-9-3-2-4-10-18)16-24-28-22-13-7-5-12-20(22)26(31)29-24/h2-14H,15-17H2,1H3,(H,28,29,31). The number of ether oxygens (including phenoxy) is 1. The number of aromatic nitrogens is 2. The van der Waals surface area contributed by atoms with Crippen LogP contribution in [0.25, 0.3) is 21.9 Å². The number of hydrogen-bond donors (Lipinski definition) is 1. The molecular weight excluding hydrogens is 430 g/mol. The zero-order valence-corrected chi connectivity index (χ0v) is 18.7. The molecule has 0 aliphatic carbocycles. The number of fused-ring (bicyclic) bond motifs is 2. The Bertz CT molecular complexity index is 1520. The summed E-state index contributed by atoms with van der Waals surface area (Å²) in [4.78, 5) is 35.5. The van der Waals surface area contributed by atoms with Gasteiger partial charge >= 0.3 is 0 Å². The number of furan rings is 1. The number of benzene rings is 3. The van der Waals surface area contributed by atoms with Crippen molar-refractivity contribution >= 4 is 27.8 Å². The largest absolute Gasteiger partial charge is 0.451 e. The summed E-state index contributed by atoms with van der Waals surface area (Å²) in [5.41, 5.74) is 2.60. The average molecular weight is 453 g/mol. The SMILES string of the molecule is COCc1c(C(=O)N(Cc2ccccc2)Cc2nc3ccccc3c(=O)[nH]2)oc2ccccc12. The molecule has 5 rings (SSSR count). The molecular formula is C27H23N3O4. The Morgan fingerprint density at radius 2 is 1.65 bits per heavy atom. The van der Waals surface area contributed by atoms with Crippen LogP contribution in [-0.4, -0.2) is 27.9 Å². The maximum Gasteiger partial charge on any atom is 0.290 e. The quantitative estimate of drug-likeness (QED) is 0.387. The maximum atomic E-state index is 13.8. The normalized spacial score (nSPS) is 11.2. The number of hydrogen-bond acceptors (Lipinski definition) is 5. The van der Waals surface area contributed by atoms with Crippen LogP contribution in [0.15, 0.2) is 88.1 Å². The van der Waals surface area contributed by atoms with Crippen LogP contribution in [0.4, 0.5) is 0 Å². The van der Waals surface area contributed by atoms with E-state index in [1.165, 1.54) is 0 Å². The number of aromatic amines is 1. The van der Waals surface area contributed by atoms with Crippen molar-refractivity contribution in [1.82, 2.24) is 14.9 Å². The molecule has 0 aliphatic rings. The fourth-order valence-electron chi connectivity index (χ4n) is 4.10. The maximum absolute atomic E-state index is 13.8. The van der Waals surface area contributed by atoms with Crippen LogP contribution in [0.3, 0.4) is 0 Å². The molecule has 7 nitrogen and oxygen atoms in total. The van der Waals surface area contributed by atoms with Crippen molar-refractivity contribution in [2.45, 2.75) is 19.7 Å². The van der Waals surface area contributed by atoms with Gasteiger partial charge in [0, 0.05) is 24.6 Å². The van der Waals surface area contributed by atoms with Crippen LogP contribution in [0.2, 0.25) is 0 Å². The van der Waals surface area contributed by atoms with Gasteiger partial charge in [0.15, 0.2) is 5.76 Å². The Morgan fingerprint density at radius 1 is 0.941 bits per heavy atom. The van der Waals surface area contributed by atoms with Crippen molar-refractivity contribution in [3.05, 3.63) is 112 Å². The number of carbonyl (C=O) groups is 1. The first-order chi connectivity index (χ1) is 16.6. The summed E-state index contributed by atoms with van der Waals surface area (Å²) in [7, 11) is 1.58. The molecule has 0 saturated carbocycles. The lowest BCUT2D eigenvalue weighted by molar-refractivity contribution is 0.0689. The van der Waals surface area contributed by atoms with Crippen LogP contribution < -0.4 is 5.56 Å². The number of amides is 1. The van der Waals surface area contributed by atoms with Crippen molar-refractivity contribution in [3.8, 4) is 0 Å². The van der Waals surface area contributed by atoms with E-state index in [9.17, 15) is 9.59 Å². The van der Waals surface area contributed by atoms with Gasteiger partial charge in [0.2, 0.25) is 0 Å². The van der Waals surface area contributed by atoms with Gasteiger partial charge in [0.1, 0.15) is 11.4 Å². The molecule has 3 aromatic carbocycles. The van der Waals surface area contributed by atoms with Crippen molar-refractivity contribution in [2.75, 3.05) is 7.11 Å². The Hall–Kier alpha value is -4.23. The molecule has 0 aliphatic heterocycles. The van der Waals surface area contributed by atoms with Gasteiger partial charge in [-0.15, -0.1) is 0 Å². The highest BCUT2D eigenvalue weighted by molar-refractivity contribution is 5.99. The third kappa shape index (κ3) is 4.21. The van der Waals surface area contributed by atoms with Crippen LogP contribution in [0.5, 0.6) is 0 Å². The number of nitrogens with one attached hydrogen (secondary N) is 1. The molecule has 5 aromatic rings. The van der Waals surface area contributed by atoms with E-state index < -0.39 is 0 Å². The molecule has 0 unspecified atom stereocenters. The molecule has 0 atom stereocenters. The van der Waals surface area contributed by atoms with Crippen LogP contribution >= 0.6 is 0 Å². The summed E-state index contributed by atoms with van der Waals surface area (Å²) in [6, 6.07) is 24.3. The molecule has 0 saturated heterocycles. The first kappa shape index (κ1) is 21.6. The number of para-hydroxylation sites is 2. The zero-order chi connectivity index (χ0) is 23.5. The number of carbonyl (C=O) groups excluding carboxylic acids is 1. The minimum Gasteiger partial charge on any atom is -0.451 e. The fourth-order valence-corrected chi connectivity index (χ4v) is 4.10. The van der Waals surface area contributed by atoms with E-state index in [0.29, 0.717) is 34.4 Å². The lowest BCUT2D eigenvalue weighted by atomic mass is 10.1. The Balaban J connectivity index is 1.57. The monoisotopic (exact) mass is 453 g/mol. The van der Waals surface area contributed by atoms with E-state index in [0.717, 1.165) is 10.9 Å². The summed E-state index contributed by atoms with van der Waals surface area (Å²) >= 11 is 0. The van der Waals surface area contributed by atoms with Gasteiger partial charge in [0.25, 0.3) is 11.5 Å². The fraction of sp³-hybridized carbons (Fsp3) is 0.148. The van der Waals surface area contributed by atoms with Crippen LogP contribution in [0.1, 0.15) is 27.5 Å². The topological polar surface area (TPSA) is 88.4 Å². The molecule has 2 aromatic heterocycles. The van der Waals surface area contributed by atoms with E-state index in [4.69, 9.17) is 9.15 Å². The second kappa shape index (κ2) is 9.33. The number of nitrogens with zero attached hydrogens (tertiary/aromatic N) is 2. The van der Waals surface area contributed by atoms with E-state index in [-0.39, 0.29) is 30.4 Å². The number of methoxy groups -OCH3 is 1. The molecule has 170 valence electrons. The molecule has 34 heavy (non-hydrogen) atoms. The highest BCUT2D eigenvalue weighted by Crippen LogP contribution is 2.28. The van der Waals surface area contributed by atoms with Gasteiger partial charge < -0.3 is 19.0 Å². The van der Waals surface area contributed by atoms with E-state index in [1.807, 2.05) is 60.7 Å². The third-order valence-electron chi connectivity index (χ3n) is 5.69. The van der Waals surface area contributed by atoms with Crippen molar-refractivity contribution < 1.29 is 13.9 Å². The lowest BCUT2D eigenvalue weighted by Gasteiger charge is -2.22. The van der Waals surface area contributed by atoms with Gasteiger partial charge in [-0.25, -0.2) is 4.98 Å². The van der Waals surface area contributed by atoms with Gasteiger partial charge in [-0.1, -0.05) is 60.7 Å². The summed E-state index contributed by atoms with van der Waals surface area (Å²) in [6.07, 6.45) is 0. The van der Waals surface area contributed by atoms with Crippen molar-refractivity contribution in [2.24, 2.45) is 0 Å². The zero-order valence-electron chi connectivity index (χ0n) is 18.7. The van der Waals surface area contributed by atoms with Crippen molar-refractivity contribution in [3.63, 3.8) is 0 Å². The molecule has 2 heterocycles. The van der Waals surface area contributed by atoms with Crippen LogP contribution in [-0.2, 0) is 24.4 Å². The first-order valence-corrected chi connectivity index (χ1v) is 10.9. The predicted molar refractivity (Wildman–Crippen MR) is 129 cm³/mol. The number of H-pyrrole nitrogens is 1. The molecule has 7 heteroatoms. The molecule has 1 N–H and O–H groups in total. The summed E-state index contributed by atoms with van der Waals surface area (Å²) in [5, 5.41) is 1.34. The minimum atomic E-state index is -0.303. The van der Waals surface area contributed by atoms with Gasteiger partial charge in [-0.05, 0) is 23.8 Å². The first-order valence-electron chi connectivity index (χ1n) is 10.9. The lowest BCUT2D eigenvalue weighted by Crippen LogP contribution is -2.32. The highest BCUT2D eigenvalue weighted by Gasteiger charge is 2.26. The average Bonchev–Trinajstić information content (AvgIpc) is 3.23. The molecule has 0 radical (unpaired) electrons. The molecule has 0 bridgehead atoms. The minimum absolute atomic E-state index is 0.108. The molecule has 0 fully saturated rings. The molecule has 0 spiro atoms. The highest BCUT2D eigenvalue weighted by atomic mass is 16.5.